The molecule has 4 nitrogen and oxygen atoms in total. The number of halogens is 2. The minimum absolute atomic E-state index is 0.142. The van der Waals surface area contributed by atoms with Crippen LogP contribution in [0.15, 0.2) is 35.4 Å². The van der Waals surface area contributed by atoms with Crippen LogP contribution < -0.4 is 10.9 Å². The highest BCUT2D eigenvalue weighted by Crippen LogP contribution is 2.19. The number of benzene rings is 1. The number of nitrogens with one attached hydrogen (secondary N) is 2. The summed E-state index contributed by atoms with van der Waals surface area (Å²) in [5.41, 5.74) is 1.99. The highest BCUT2D eigenvalue weighted by atomic mass is 127. The predicted octanol–water partition coefficient (Wildman–Crippen LogP) is 3.29. The summed E-state index contributed by atoms with van der Waals surface area (Å²) in [4.78, 5) is 18.1. The van der Waals surface area contributed by atoms with Gasteiger partial charge in [0.05, 0.1) is 6.33 Å². The van der Waals surface area contributed by atoms with Crippen LogP contribution in [0.1, 0.15) is 12.0 Å². The highest BCUT2D eigenvalue weighted by molar-refractivity contribution is 14.1. The topological polar surface area (TPSA) is 57.8 Å². The van der Waals surface area contributed by atoms with Crippen LogP contribution in [-0.2, 0) is 6.42 Å². The molecule has 0 saturated heterocycles. The van der Waals surface area contributed by atoms with E-state index < -0.39 is 0 Å². The van der Waals surface area contributed by atoms with Crippen LogP contribution in [0.2, 0.25) is 0 Å². The lowest BCUT2D eigenvalue weighted by atomic mass is 10.1. The van der Waals surface area contributed by atoms with Gasteiger partial charge in [0.2, 0.25) is 0 Å². The monoisotopic (exact) mass is 389 g/mol. The number of hydrogen-bond donors (Lipinski definition) is 2. The Kier molecular flexibility index (Phi) is 5.21. The first-order chi connectivity index (χ1) is 9.20. The van der Waals surface area contributed by atoms with E-state index >= 15 is 0 Å². The van der Waals surface area contributed by atoms with Crippen molar-refractivity contribution in [3.05, 3.63) is 50.1 Å². The summed E-state index contributed by atoms with van der Waals surface area (Å²) in [7, 11) is 0. The Hall–Kier alpha value is -1.08. The second-order valence-corrected chi connectivity index (χ2v) is 5.47. The fourth-order valence-electron chi connectivity index (χ4n) is 1.68. The van der Waals surface area contributed by atoms with Crippen LogP contribution >= 0.6 is 34.2 Å². The van der Waals surface area contributed by atoms with Gasteiger partial charge in [-0.2, -0.15) is 0 Å². The van der Waals surface area contributed by atoms with Crippen LogP contribution in [0.25, 0.3) is 0 Å². The molecule has 0 fully saturated rings. The molecule has 1 aromatic carbocycles. The number of nitrogens with zero attached hydrogens (tertiary/aromatic N) is 1. The lowest BCUT2D eigenvalue weighted by Crippen LogP contribution is -2.12. The zero-order valence-corrected chi connectivity index (χ0v) is 13.0. The summed E-state index contributed by atoms with van der Waals surface area (Å²) in [6.07, 6.45) is 3.29. The molecule has 1 aromatic heterocycles. The van der Waals surface area contributed by atoms with Crippen molar-refractivity contribution in [1.82, 2.24) is 9.97 Å². The van der Waals surface area contributed by atoms with E-state index in [2.05, 4.69) is 21.4 Å². The Labute approximate surface area is 129 Å². The molecule has 0 spiro atoms. The second-order valence-electron chi connectivity index (χ2n) is 4.01. The first-order valence-electron chi connectivity index (χ1n) is 5.86. The Bertz CT molecular complexity index is 615. The Morgan fingerprint density at radius 2 is 2.26 bits per heavy atom. The van der Waals surface area contributed by atoms with Gasteiger partial charge in [-0.25, -0.2) is 4.98 Å². The van der Waals surface area contributed by atoms with Crippen molar-refractivity contribution in [1.29, 1.82) is 0 Å². The summed E-state index contributed by atoms with van der Waals surface area (Å²) in [6, 6.07) is 8.04. The zero-order valence-electron chi connectivity index (χ0n) is 10.1. The third-order valence-electron chi connectivity index (χ3n) is 2.59. The quantitative estimate of drug-likeness (QED) is 0.609. The van der Waals surface area contributed by atoms with Crippen LogP contribution in [0.5, 0.6) is 0 Å². The van der Waals surface area contributed by atoms with Crippen molar-refractivity contribution >= 4 is 45.7 Å². The second kappa shape index (κ2) is 6.91. The molecular formula is C13H13ClIN3O. The molecule has 19 heavy (non-hydrogen) atoms. The maximum absolute atomic E-state index is 11.5. The Morgan fingerprint density at radius 1 is 1.42 bits per heavy atom. The molecule has 0 bridgehead atoms. The summed E-state index contributed by atoms with van der Waals surface area (Å²) in [5, 5.41) is 3.16. The van der Waals surface area contributed by atoms with Crippen LogP contribution in [0.4, 0.5) is 11.5 Å². The Balaban J connectivity index is 2.19. The standard InChI is InChI=1S/C13H13ClIN3O/c14-6-2-4-9-3-1-5-10(7-9)18-12-11(15)13(19)17-8-16-12/h1,3,5,7-8H,2,4,6H2,(H2,16,17,18,19). The molecule has 2 rings (SSSR count). The molecule has 2 aromatic rings. The fourth-order valence-corrected chi connectivity index (χ4v) is 2.25. The average Bonchev–Trinajstić information content (AvgIpc) is 2.42. The summed E-state index contributed by atoms with van der Waals surface area (Å²) < 4.78 is 0.547. The third-order valence-corrected chi connectivity index (χ3v) is 3.85. The average molecular weight is 390 g/mol. The van der Waals surface area contributed by atoms with Gasteiger partial charge in [0.1, 0.15) is 3.57 Å². The van der Waals surface area contributed by atoms with Crippen LogP contribution in [-0.4, -0.2) is 15.8 Å². The number of aromatic nitrogens is 2. The van der Waals surface area contributed by atoms with Crippen molar-refractivity contribution < 1.29 is 0 Å². The first kappa shape index (κ1) is 14.3. The summed E-state index contributed by atoms with van der Waals surface area (Å²) >= 11 is 7.67. The molecule has 0 aliphatic heterocycles. The van der Waals surface area contributed by atoms with Gasteiger partial charge < -0.3 is 10.3 Å². The minimum Gasteiger partial charge on any atom is -0.339 e. The van der Waals surface area contributed by atoms with E-state index in [0.29, 0.717) is 15.3 Å². The number of anilines is 2. The smallest absolute Gasteiger partial charge is 0.266 e. The molecule has 0 aliphatic carbocycles. The molecule has 0 amide bonds. The first-order valence-corrected chi connectivity index (χ1v) is 7.47. The van der Waals surface area contributed by atoms with Crippen LogP contribution in [0, 0.1) is 3.57 Å². The number of rotatable bonds is 5. The summed E-state index contributed by atoms with van der Waals surface area (Å²) in [5.74, 6) is 1.23. The van der Waals surface area contributed by atoms with E-state index in [9.17, 15) is 4.79 Å². The lowest BCUT2D eigenvalue weighted by molar-refractivity contribution is 0.929. The number of aryl methyl sites for hydroxylation is 1. The molecule has 0 radical (unpaired) electrons. The van der Waals surface area contributed by atoms with Crippen molar-refractivity contribution in [2.24, 2.45) is 0 Å². The number of hydrogen-bond acceptors (Lipinski definition) is 3. The minimum atomic E-state index is -0.142. The predicted molar refractivity (Wildman–Crippen MR) is 86.3 cm³/mol. The number of aromatic amines is 1. The number of H-pyrrole nitrogens is 1. The van der Waals surface area contributed by atoms with Gasteiger partial charge in [-0.15, -0.1) is 11.6 Å². The highest BCUT2D eigenvalue weighted by Gasteiger charge is 2.05. The van der Waals surface area contributed by atoms with Gasteiger partial charge in [-0.1, -0.05) is 12.1 Å². The fraction of sp³-hybridized carbons (Fsp3) is 0.231. The molecule has 6 heteroatoms. The van der Waals surface area contributed by atoms with E-state index in [4.69, 9.17) is 11.6 Å². The molecular weight excluding hydrogens is 377 g/mol. The number of alkyl halides is 1. The van der Waals surface area contributed by atoms with Crippen molar-refractivity contribution in [3.8, 4) is 0 Å². The van der Waals surface area contributed by atoms with Gasteiger partial charge in [0.25, 0.3) is 5.56 Å². The molecule has 0 unspecified atom stereocenters. The molecule has 0 saturated carbocycles. The molecule has 1 heterocycles. The lowest BCUT2D eigenvalue weighted by Gasteiger charge is -2.08. The van der Waals surface area contributed by atoms with E-state index in [1.54, 1.807) is 0 Å². The summed E-state index contributed by atoms with van der Waals surface area (Å²) in [6.45, 7) is 0. The van der Waals surface area contributed by atoms with Crippen molar-refractivity contribution in [2.45, 2.75) is 12.8 Å². The van der Waals surface area contributed by atoms with Crippen molar-refractivity contribution in [2.75, 3.05) is 11.2 Å². The molecule has 0 atom stereocenters. The van der Waals surface area contributed by atoms with Gasteiger partial charge >= 0.3 is 0 Å². The molecule has 0 aliphatic rings. The van der Waals surface area contributed by atoms with Gasteiger partial charge in [-0.3, -0.25) is 4.79 Å². The zero-order chi connectivity index (χ0) is 13.7. The molecule has 2 N–H and O–H groups in total. The normalized spacial score (nSPS) is 10.4. The van der Waals surface area contributed by atoms with E-state index in [0.717, 1.165) is 18.5 Å². The largest absolute Gasteiger partial charge is 0.339 e. The third kappa shape index (κ3) is 3.94. The van der Waals surface area contributed by atoms with E-state index in [1.807, 2.05) is 40.8 Å². The van der Waals surface area contributed by atoms with Gasteiger partial charge in [0, 0.05) is 11.6 Å². The van der Waals surface area contributed by atoms with E-state index in [1.165, 1.54) is 11.9 Å². The van der Waals surface area contributed by atoms with Crippen molar-refractivity contribution in [3.63, 3.8) is 0 Å². The van der Waals surface area contributed by atoms with E-state index in [-0.39, 0.29) is 5.56 Å². The van der Waals surface area contributed by atoms with Crippen LogP contribution in [0.3, 0.4) is 0 Å². The SMILES string of the molecule is O=c1[nH]cnc(Nc2cccc(CCCCl)c2)c1I. The Morgan fingerprint density at radius 3 is 3.05 bits per heavy atom. The van der Waals surface area contributed by atoms with Gasteiger partial charge in [0.15, 0.2) is 5.82 Å². The van der Waals surface area contributed by atoms with Gasteiger partial charge in [-0.05, 0) is 53.1 Å². The maximum atomic E-state index is 11.5. The maximum Gasteiger partial charge on any atom is 0.266 e. The molecule has 100 valence electrons.